The van der Waals surface area contributed by atoms with Gasteiger partial charge in [0.15, 0.2) is 0 Å². The third kappa shape index (κ3) is 3.76. The van der Waals surface area contributed by atoms with Crippen LogP contribution in [-0.4, -0.2) is 30.5 Å². The summed E-state index contributed by atoms with van der Waals surface area (Å²) < 4.78 is 26.3. The smallest absolute Gasteiger partial charge is 0.322 e. The second-order valence-corrected chi connectivity index (χ2v) is 6.96. The molecule has 108 valence electrons. The van der Waals surface area contributed by atoms with Gasteiger partial charge in [-0.25, -0.2) is 13.4 Å². The van der Waals surface area contributed by atoms with Crippen molar-refractivity contribution in [2.75, 3.05) is 0 Å². The Morgan fingerprint density at radius 1 is 1.45 bits per heavy atom. The first-order valence-electron chi connectivity index (χ1n) is 5.69. The lowest BCUT2D eigenvalue weighted by atomic mass is 9.88. The molecule has 0 radical (unpaired) electrons. The van der Waals surface area contributed by atoms with Crippen LogP contribution in [0.1, 0.15) is 26.5 Å². The first-order chi connectivity index (χ1) is 9.08. The molecule has 1 heterocycles. The Balaban J connectivity index is 3.10. The van der Waals surface area contributed by atoms with E-state index in [4.69, 9.17) is 10.4 Å². The molecule has 0 amide bonds. The van der Waals surface area contributed by atoms with Crippen LogP contribution in [0.15, 0.2) is 23.2 Å². The highest BCUT2D eigenvalue weighted by Gasteiger charge is 2.35. The number of nitrogens with one attached hydrogen (secondary N) is 1. The zero-order valence-electron chi connectivity index (χ0n) is 11.3. The van der Waals surface area contributed by atoms with Crippen molar-refractivity contribution in [3.63, 3.8) is 0 Å². The molecule has 0 fully saturated rings. The third-order valence-corrected chi connectivity index (χ3v) is 3.96. The first kappa shape index (κ1) is 16.1. The van der Waals surface area contributed by atoms with Gasteiger partial charge < -0.3 is 5.11 Å². The maximum atomic E-state index is 12.1. The van der Waals surface area contributed by atoms with Gasteiger partial charge in [-0.1, -0.05) is 20.8 Å². The number of aliphatic carboxylic acids is 1. The normalized spacial score (nSPS) is 13.5. The number of carbonyl (C=O) groups is 1. The van der Waals surface area contributed by atoms with Gasteiger partial charge in [0, 0.05) is 6.20 Å². The predicted molar refractivity (Wildman–Crippen MR) is 70.2 cm³/mol. The first-order valence-corrected chi connectivity index (χ1v) is 7.17. The second kappa shape index (κ2) is 5.56. The molecule has 1 atom stereocenters. The quantitative estimate of drug-likeness (QED) is 0.845. The molecule has 0 spiro atoms. The lowest BCUT2D eigenvalue weighted by Crippen LogP contribution is -2.48. The molecular weight excluding hydrogens is 282 g/mol. The molecule has 0 aliphatic rings. The van der Waals surface area contributed by atoms with Gasteiger partial charge in [0.25, 0.3) is 0 Å². The fourth-order valence-corrected chi connectivity index (χ4v) is 2.77. The van der Waals surface area contributed by atoms with E-state index in [0.29, 0.717) is 0 Å². The molecule has 1 aromatic rings. The lowest BCUT2D eigenvalue weighted by Gasteiger charge is -2.27. The topological polar surface area (TPSA) is 120 Å². The van der Waals surface area contributed by atoms with Gasteiger partial charge in [0.05, 0.1) is 0 Å². The summed E-state index contributed by atoms with van der Waals surface area (Å²) in [5, 5.41) is 17.7. The minimum absolute atomic E-state index is 0.0783. The number of carboxylic acids is 1. The van der Waals surface area contributed by atoms with E-state index in [-0.39, 0.29) is 10.6 Å². The van der Waals surface area contributed by atoms with Gasteiger partial charge in [-0.05, 0) is 17.5 Å². The molecule has 0 saturated carbocycles. The molecule has 0 saturated heterocycles. The minimum atomic E-state index is -4.02. The van der Waals surface area contributed by atoms with Crippen LogP contribution in [0.2, 0.25) is 0 Å². The average Bonchev–Trinajstić information content (AvgIpc) is 2.34. The van der Waals surface area contributed by atoms with E-state index in [1.165, 1.54) is 12.1 Å². The molecule has 20 heavy (non-hydrogen) atoms. The van der Waals surface area contributed by atoms with E-state index >= 15 is 0 Å². The molecule has 8 heteroatoms. The Morgan fingerprint density at radius 2 is 2.05 bits per heavy atom. The summed E-state index contributed by atoms with van der Waals surface area (Å²) in [6.45, 7) is 4.85. The number of nitrogens with zero attached hydrogens (tertiary/aromatic N) is 2. The van der Waals surface area contributed by atoms with Crippen LogP contribution in [0, 0.1) is 16.7 Å². The van der Waals surface area contributed by atoms with Crippen LogP contribution >= 0.6 is 0 Å². The van der Waals surface area contributed by atoms with Crippen LogP contribution in [0.25, 0.3) is 0 Å². The zero-order valence-corrected chi connectivity index (χ0v) is 12.1. The van der Waals surface area contributed by atoms with Crippen molar-refractivity contribution < 1.29 is 18.3 Å². The minimum Gasteiger partial charge on any atom is -0.480 e. The number of nitriles is 1. The molecule has 0 aromatic carbocycles. The van der Waals surface area contributed by atoms with E-state index in [2.05, 4.69) is 9.71 Å². The highest BCUT2D eigenvalue weighted by atomic mass is 32.2. The summed E-state index contributed by atoms with van der Waals surface area (Å²) >= 11 is 0. The molecule has 0 aliphatic heterocycles. The van der Waals surface area contributed by atoms with Gasteiger partial charge in [0.1, 0.15) is 22.7 Å². The summed E-state index contributed by atoms with van der Waals surface area (Å²) in [4.78, 5) is 14.6. The summed E-state index contributed by atoms with van der Waals surface area (Å²) in [5.74, 6) is -1.26. The number of carboxylic acid groups (broad SMARTS) is 1. The Bertz CT molecular complexity index is 639. The fraction of sp³-hybridized carbons (Fsp3) is 0.417. The van der Waals surface area contributed by atoms with Crippen molar-refractivity contribution in [3.05, 3.63) is 24.0 Å². The summed E-state index contributed by atoms with van der Waals surface area (Å²) in [5.41, 5.74) is -0.714. The van der Waals surface area contributed by atoms with Gasteiger partial charge in [0.2, 0.25) is 10.0 Å². The largest absolute Gasteiger partial charge is 0.480 e. The predicted octanol–water partition coefficient (Wildman–Crippen LogP) is 0.731. The molecule has 1 rings (SSSR count). The summed E-state index contributed by atoms with van der Waals surface area (Å²) in [7, 11) is -4.02. The zero-order chi connectivity index (χ0) is 15.6. The van der Waals surface area contributed by atoms with E-state index in [1.807, 2.05) is 0 Å². The van der Waals surface area contributed by atoms with Crippen molar-refractivity contribution in [3.8, 4) is 6.07 Å². The molecule has 0 bridgehead atoms. The number of aromatic nitrogens is 1. The van der Waals surface area contributed by atoms with E-state index < -0.39 is 27.4 Å². The third-order valence-electron chi connectivity index (χ3n) is 2.55. The standard InChI is InChI=1S/C12H15N3O4S/c1-12(2,3)10(11(16)17)15-20(18,19)9-5-4-8(6-13)14-7-9/h4-5,7,10,15H,1-3H3,(H,16,17). The Hall–Kier alpha value is -1.98. The number of rotatable bonds is 4. The number of pyridine rings is 1. The SMILES string of the molecule is CC(C)(C)C(NS(=O)(=O)c1ccc(C#N)nc1)C(=O)O. The summed E-state index contributed by atoms with van der Waals surface area (Å²) in [6.07, 6.45) is 1.02. The van der Waals surface area contributed by atoms with Crippen LogP contribution < -0.4 is 4.72 Å². The Kier molecular flexibility index (Phi) is 4.47. The van der Waals surface area contributed by atoms with E-state index in [0.717, 1.165) is 6.20 Å². The second-order valence-electron chi connectivity index (χ2n) is 5.25. The number of sulfonamides is 1. The fourth-order valence-electron chi connectivity index (χ4n) is 1.43. The van der Waals surface area contributed by atoms with Crippen molar-refractivity contribution in [1.82, 2.24) is 9.71 Å². The highest BCUT2D eigenvalue weighted by molar-refractivity contribution is 7.89. The van der Waals surface area contributed by atoms with E-state index in [1.54, 1.807) is 26.8 Å². The molecule has 0 aliphatic carbocycles. The van der Waals surface area contributed by atoms with Crippen molar-refractivity contribution in [1.29, 1.82) is 5.26 Å². The van der Waals surface area contributed by atoms with Gasteiger partial charge in [-0.15, -0.1) is 0 Å². The lowest BCUT2D eigenvalue weighted by molar-refractivity contribution is -0.141. The van der Waals surface area contributed by atoms with Gasteiger partial charge in [-0.2, -0.15) is 9.98 Å². The summed E-state index contributed by atoms with van der Waals surface area (Å²) in [6, 6.07) is 2.95. The van der Waals surface area contributed by atoms with Gasteiger partial charge >= 0.3 is 5.97 Å². The van der Waals surface area contributed by atoms with Crippen LogP contribution in [-0.2, 0) is 14.8 Å². The highest BCUT2D eigenvalue weighted by Crippen LogP contribution is 2.21. The molecule has 1 aromatic heterocycles. The van der Waals surface area contributed by atoms with Crippen LogP contribution in [0.4, 0.5) is 0 Å². The molecular formula is C12H15N3O4S. The monoisotopic (exact) mass is 297 g/mol. The van der Waals surface area contributed by atoms with Crippen molar-refractivity contribution in [2.45, 2.75) is 31.7 Å². The maximum absolute atomic E-state index is 12.1. The molecule has 1 unspecified atom stereocenters. The number of hydrogen-bond donors (Lipinski definition) is 2. The average molecular weight is 297 g/mol. The van der Waals surface area contributed by atoms with Crippen LogP contribution in [0.3, 0.4) is 0 Å². The maximum Gasteiger partial charge on any atom is 0.322 e. The Labute approximate surface area is 117 Å². The Morgan fingerprint density at radius 3 is 2.40 bits per heavy atom. The number of hydrogen-bond acceptors (Lipinski definition) is 5. The molecule has 2 N–H and O–H groups in total. The van der Waals surface area contributed by atoms with Gasteiger partial charge in [-0.3, -0.25) is 4.79 Å². The molecule has 7 nitrogen and oxygen atoms in total. The van der Waals surface area contributed by atoms with Crippen molar-refractivity contribution in [2.24, 2.45) is 5.41 Å². The van der Waals surface area contributed by atoms with Crippen molar-refractivity contribution >= 4 is 16.0 Å². The van der Waals surface area contributed by atoms with E-state index in [9.17, 15) is 13.2 Å². The van der Waals surface area contributed by atoms with Crippen LogP contribution in [0.5, 0.6) is 0 Å².